The second-order valence-corrected chi connectivity index (χ2v) is 10.1. The van der Waals surface area contributed by atoms with Crippen molar-refractivity contribution >= 4 is 55.0 Å². The molecule has 1 aliphatic carbocycles. The quantitative estimate of drug-likeness (QED) is 0.226. The van der Waals surface area contributed by atoms with Crippen molar-refractivity contribution in [3.63, 3.8) is 0 Å². The molecule has 1 aliphatic rings. The molecule has 0 aliphatic heterocycles. The molecule has 1 N–H and O–H groups in total. The number of hydrogen-bond acceptors (Lipinski definition) is 7. The van der Waals surface area contributed by atoms with E-state index in [0.717, 1.165) is 64.1 Å². The third kappa shape index (κ3) is 4.97. The molecule has 0 atom stereocenters. The number of nitrogens with zero attached hydrogens (tertiary/aromatic N) is 2. The summed E-state index contributed by atoms with van der Waals surface area (Å²) in [5, 5.41) is 6.34. The lowest BCUT2D eigenvalue weighted by atomic mass is 9.85. The topological polar surface area (TPSA) is 73.3 Å². The average molecular weight is 508 g/mol. The molecule has 0 unspecified atom stereocenters. The third-order valence-corrected chi connectivity index (χ3v) is 7.81. The largest absolute Gasteiger partial charge is 0.495 e. The Balaban J connectivity index is 1.46. The van der Waals surface area contributed by atoms with Gasteiger partial charge in [0, 0.05) is 28.6 Å². The number of allylic oxidation sites excluding steroid dienone is 1. The number of esters is 1. The van der Waals surface area contributed by atoms with Crippen LogP contribution in [0.3, 0.4) is 0 Å². The van der Waals surface area contributed by atoms with Crippen LogP contribution in [0.4, 0.5) is 5.82 Å². The van der Waals surface area contributed by atoms with Crippen molar-refractivity contribution < 1.29 is 14.3 Å². The number of anilines is 1. The smallest absolute Gasteiger partial charge is 0.330 e. The highest BCUT2D eigenvalue weighted by atomic mass is 35.5. The molecule has 5 rings (SSSR count). The molecule has 8 heteroatoms. The maximum absolute atomic E-state index is 11.6. The number of benzene rings is 2. The van der Waals surface area contributed by atoms with Crippen LogP contribution < -0.4 is 10.1 Å². The molecule has 2 aromatic heterocycles. The van der Waals surface area contributed by atoms with E-state index in [9.17, 15) is 4.79 Å². The van der Waals surface area contributed by atoms with Crippen molar-refractivity contribution in [3.8, 4) is 5.75 Å². The maximum Gasteiger partial charge on any atom is 0.330 e. The van der Waals surface area contributed by atoms with E-state index in [1.807, 2.05) is 24.3 Å². The summed E-state index contributed by atoms with van der Waals surface area (Å²) in [5.41, 5.74) is 2.17. The first kappa shape index (κ1) is 23.6. The summed E-state index contributed by atoms with van der Waals surface area (Å²) >= 11 is 8.03. The molecule has 0 saturated heterocycles. The normalized spacial score (nSPS) is 15.9. The predicted molar refractivity (Wildman–Crippen MR) is 142 cm³/mol. The Kier molecular flexibility index (Phi) is 6.88. The number of thiophene rings is 1. The Hall–Kier alpha value is -3.16. The number of rotatable bonds is 6. The van der Waals surface area contributed by atoms with E-state index in [1.165, 1.54) is 11.8 Å². The van der Waals surface area contributed by atoms with Gasteiger partial charge < -0.3 is 14.8 Å². The summed E-state index contributed by atoms with van der Waals surface area (Å²) in [7, 11) is 3.02. The highest BCUT2D eigenvalue weighted by Gasteiger charge is 2.24. The van der Waals surface area contributed by atoms with Crippen LogP contribution in [-0.4, -0.2) is 30.2 Å². The Morgan fingerprint density at radius 3 is 2.71 bits per heavy atom. The van der Waals surface area contributed by atoms with Gasteiger partial charge in [0.15, 0.2) is 0 Å². The minimum atomic E-state index is -0.286. The summed E-state index contributed by atoms with van der Waals surface area (Å²) in [4.78, 5) is 22.6. The molecule has 35 heavy (non-hydrogen) atoms. The van der Waals surface area contributed by atoms with Crippen LogP contribution in [0.25, 0.3) is 20.3 Å². The molecule has 0 spiro atoms. The minimum absolute atomic E-state index is 0.246. The summed E-state index contributed by atoms with van der Waals surface area (Å²) < 4.78 is 11.2. The SMILES string of the molecule is COC(=O)C=C1CCC(c2nc(NCc3ccc(OC)c(Cl)c3)c3c(n2)sc2ccccc23)CC1. The van der Waals surface area contributed by atoms with Gasteiger partial charge in [0.05, 0.1) is 24.6 Å². The predicted octanol–water partition coefficient (Wildman–Crippen LogP) is 6.88. The molecule has 0 bridgehead atoms. The van der Waals surface area contributed by atoms with Gasteiger partial charge in [0.2, 0.25) is 0 Å². The van der Waals surface area contributed by atoms with E-state index < -0.39 is 0 Å². The molecule has 2 aromatic carbocycles. The fraction of sp³-hybridized carbons (Fsp3) is 0.296. The van der Waals surface area contributed by atoms with Gasteiger partial charge in [-0.15, -0.1) is 11.3 Å². The van der Waals surface area contributed by atoms with E-state index >= 15 is 0 Å². The number of hydrogen-bond donors (Lipinski definition) is 1. The molecule has 6 nitrogen and oxygen atoms in total. The molecule has 1 saturated carbocycles. The van der Waals surface area contributed by atoms with Gasteiger partial charge in [0.25, 0.3) is 0 Å². The van der Waals surface area contributed by atoms with Gasteiger partial charge in [0.1, 0.15) is 22.2 Å². The van der Waals surface area contributed by atoms with Crippen LogP contribution in [0, 0.1) is 0 Å². The fourth-order valence-electron chi connectivity index (χ4n) is 4.57. The average Bonchev–Trinajstić information content (AvgIpc) is 3.26. The van der Waals surface area contributed by atoms with Gasteiger partial charge in [-0.25, -0.2) is 14.8 Å². The van der Waals surface area contributed by atoms with Crippen molar-refractivity contribution in [3.05, 3.63) is 70.5 Å². The Morgan fingerprint density at radius 2 is 1.97 bits per heavy atom. The summed E-state index contributed by atoms with van der Waals surface area (Å²) in [6.45, 7) is 0.579. The minimum Gasteiger partial charge on any atom is -0.495 e. The van der Waals surface area contributed by atoms with Crippen LogP contribution in [-0.2, 0) is 16.1 Å². The van der Waals surface area contributed by atoms with E-state index in [-0.39, 0.29) is 11.9 Å². The van der Waals surface area contributed by atoms with Crippen LogP contribution >= 0.6 is 22.9 Å². The molecular formula is C27H26ClN3O3S. The van der Waals surface area contributed by atoms with Gasteiger partial charge in [-0.3, -0.25) is 0 Å². The van der Waals surface area contributed by atoms with Gasteiger partial charge in [-0.1, -0.05) is 41.4 Å². The van der Waals surface area contributed by atoms with Crippen LogP contribution in [0.5, 0.6) is 5.75 Å². The first-order chi connectivity index (χ1) is 17.1. The van der Waals surface area contributed by atoms with Crippen molar-refractivity contribution in [1.82, 2.24) is 9.97 Å². The van der Waals surface area contributed by atoms with Gasteiger partial charge in [-0.2, -0.15) is 0 Å². The number of carbonyl (C=O) groups excluding carboxylic acids is 1. The highest BCUT2D eigenvalue weighted by molar-refractivity contribution is 7.25. The van der Waals surface area contributed by atoms with Crippen LogP contribution in [0.2, 0.25) is 5.02 Å². The Labute approximate surface area is 212 Å². The molecule has 0 amide bonds. The number of ether oxygens (including phenoxy) is 2. The number of nitrogens with one attached hydrogen (secondary N) is 1. The number of carbonyl (C=O) groups is 1. The van der Waals surface area contributed by atoms with Crippen molar-refractivity contribution in [1.29, 1.82) is 0 Å². The lowest BCUT2D eigenvalue weighted by Gasteiger charge is -2.23. The van der Waals surface area contributed by atoms with Crippen LogP contribution in [0.1, 0.15) is 43.0 Å². The lowest BCUT2D eigenvalue weighted by Crippen LogP contribution is -2.13. The van der Waals surface area contributed by atoms with Gasteiger partial charge >= 0.3 is 5.97 Å². The zero-order valence-electron chi connectivity index (χ0n) is 19.6. The van der Waals surface area contributed by atoms with E-state index in [2.05, 4.69) is 23.5 Å². The number of methoxy groups -OCH3 is 2. The van der Waals surface area contributed by atoms with Crippen molar-refractivity contribution in [2.75, 3.05) is 19.5 Å². The summed E-state index contributed by atoms with van der Waals surface area (Å²) in [6.07, 6.45) is 5.14. The second-order valence-electron chi connectivity index (χ2n) is 8.63. The van der Waals surface area contributed by atoms with Crippen molar-refractivity contribution in [2.45, 2.75) is 38.1 Å². The number of halogens is 1. The first-order valence-corrected chi connectivity index (χ1v) is 12.8. The molecule has 0 radical (unpaired) electrons. The third-order valence-electron chi connectivity index (χ3n) is 6.45. The standard InChI is InChI=1S/C27H26ClN3O3S/c1-33-21-12-9-17(13-20(21)28)15-29-26-24-19-5-3-4-6-22(19)35-27(24)31-25(30-26)18-10-7-16(8-11-18)14-23(32)34-2/h3-6,9,12-14,18H,7-8,10-11,15H2,1-2H3,(H,29,30,31). The zero-order chi connectivity index (χ0) is 24.4. The van der Waals surface area contributed by atoms with E-state index in [1.54, 1.807) is 24.5 Å². The maximum atomic E-state index is 11.6. The van der Waals surface area contributed by atoms with Crippen LogP contribution in [0.15, 0.2) is 54.1 Å². The van der Waals surface area contributed by atoms with E-state index in [0.29, 0.717) is 17.3 Å². The molecule has 1 fully saturated rings. The Bertz CT molecular complexity index is 1420. The lowest BCUT2D eigenvalue weighted by molar-refractivity contribution is -0.134. The number of fused-ring (bicyclic) bond motifs is 3. The van der Waals surface area contributed by atoms with Crippen molar-refractivity contribution in [2.24, 2.45) is 0 Å². The second kappa shape index (κ2) is 10.2. The molecule has 2 heterocycles. The molecular weight excluding hydrogens is 482 g/mol. The number of aromatic nitrogens is 2. The Morgan fingerprint density at radius 1 is 1.17 bits per heavy atom. The monoisotopic (exact) mass is 507 g/mol. The fourth-order valence-corrected chi connectivity index (χ4v) is 5.94. The van der Waals surface area contributed by atoms with E-state index in [4.69, 9.17) is 31.0 Å². The summed E-state index contributed by atoms with van der Waals surface area (Å²) in [5.74, 6) is 2.31. The molecule has 180 valence electrons. The van der Waals surface area contributed by atoms with Gasteiger partial charge in [-0.05, 0) is 49.4 Å². The highest BCUT2D eigenvalue weighted by Crippen LogP contribution is 2.40. The first-order valence-electron chi connectivity index (χ1n) is 11.6. The molecule has 4 aromatic rings. The summed E-state index contributed by atoms with van der Waals surface area (Å²) in [6, 6.07) is 14.1. The zero-order valence-corrected chi connectivity index (χ0v) is 21.2.